The molecule has 1 heterocycles. The van der Waals surface area contributed by atoms with Gasteiger partial charge in [-0.2, -0.15) is 0 Å². The van der Waals surface area contributed by atoms with Gasteiger partial charge in [-0.15, -0.1) is 0 Å². The summed E-state index contributed by atoms with van der Waals surface area (Å²) in [6.07, 6.45) is -0.386. The van der Waals surface area contributed by atoms with Gasteiger partial charge < -0.3 is 13.9 Å². The largest absolute Gasteiger partial charge is 0.458 e. The van der Waals surface area contributed by atoms with Gasteiger partial charge in [0.15, 0.2) is 5.76 Å². The average molecular weight is 226 g/mol. The Morgan fingerprint density at radius 1 is 1.25 bits per heavy atom. The fraction of sp³-hybridized carbons (Fsp3) is 0.455. The zero-order valence-electron chi connectivity index (χ0n) is 9.48. The Labute approximate surface area is 93.3 Å². The number of furan rings is 1. The molecule has 0 N–H and O–H groups in total. The Bertz CT molecular complexity index is 363. The quantitative estimate of drug-likeness (QED) is 0.580. The summed E-state index contributed by atoms with van der Waals surface area (Å²) in [6, 6.07) is 3.37. The Kier molecular flexibility index (Phi) is 4.10. The summed E-state index contributed by atoms with van der Waals surface area (Å²) in [5.41, 5.74) is 0. The number of hydrogen-bond acceptors (Lipinski definition) is 5. The van der Waals surface area contributed by atoms with E-state index in [1.165, 1.54) is 13.8 Å². The first-order valence-electron chi connectivity index (χ1n) is 4.96. The van der Waals surface area contributed by atoms with E-state index >= 15 is 0 Å². The van der Waals surface area contributed by atoms with E-state index in [0.29, 0.717) is 12.2 Å². The maximum atomic E-state index is 10.8. The monoisotopic (exact) mass is 226 g/mol. The van der Waals surface area contributed by atoms with Gasteiger partial charge in [0.25, 0.3) is 0 Å². The zero-order chi connectivity index (χ0) is 12.1. The van der Waals surface area contributed by atoms with Crippen molar-refractivity contribution in [2.45, 2.75) is 33.5 Å². The highest BCUT2D eigenvalue weighted by Gasteiger charge is 2.21. The second-order valence-corrected chi connectivity index (χ2v) is 3.21. The number of esters is 2. The molecule has 0 radical (unpaired) electrons. The first-order chi connectivity index (χ1) is 7.52. The van der Waals surface area contributed by atoms with E-state index < -0.39 is 18.2 Å². The fourth-order valence-corrected chi connectivity index (χ4v) is 1.15. The molecule has 1 aromatic heterocycles. The standard InChI is InChI=1S/C11H14O5/c1-4-9-5-6-10(16-9)11(14-7(2)12)15-8(3)13/h5-6,11H,4H2,1-3H3. The Morgan fingerprint density at radius 2 is 1.81 bits per heavy atom. The number of ether oxygens (including phenoxy) is 2. The van der Waals surface area contributed by atoms with Crippen molar-refractivity contribution >= 4 is 11.9 Å². The minimum Gasteiger partial charge on any atom is -0.458 e. The fourth-order valence-electron chi connectivity index (χ4n) is 1.15. The minimum atomic E-state index is -1.10. The van der Waals surface area contributed by atoms with E-state index in [2.05, 4.69) is 0 Å². The molecule has 5 heteroatoms. The predicted molar refractivity (Wildman–Crippen MR) is 54.4 cm³/mol. The van der Waals surface area contributed by atoms with Crippen LogP contribution in [0, 0.1) is 0 Å². The normalized spacial score (nSPS) is 10.2. The van der Waals surface area contributed by atoms with Crippen LogP contribution >= 0.6 is 0 Å². The third-order valence-electron chi connectivity index (χ3n) is 1.81. The highest BCUT2D eigenvalue weighted by Crippen LogP contribution is 2.22. The van der Waals surface area contributed by atoms with Crippen LogP contribution in [0.25, 0.3) is 0 Å². The van der Waals surface area contributed by atoms with Crippen LogP contribution in [-0.4, -0.2) is 11.9 Å². The maximum Gasteiger partial charge on any atom is 0.306 e. The molecular weight excluding hydrogens is 212 g/mol. The Balaban J connectivity index is 2.82. The third-order valence-corrected chi connectivity index (χ3v) is 1.81. The summed E-state index contributed by atoms with van der Waals surface area (Å²) in [5, 5.41) is 0. The average Bonchev–Trinajstić information content (AvgIpc) is 2.63. The van der Waals surface area contributed by atoms with E-state index in [1.54, 1.807) is 12.1 Å². The van der Waals surface area contributed by atoms with Crippen molar-refractivity contribution in [2.75, 3.05) is 0 Å². The first kappa shape index (κ1) is 12.3. The van der Waals surface area contributed by atoms with Crippen molar-refractivity contribution in [3.63, 3.8) is 0 Å². The van der Waals surface area contributed by atoms with Crippen molar-refractivity contribution in [3.05, 3.63) is 23.7 Å². The second kappa shape index (κ2) is 5.34. The Morgan fingerprint density at radius 3 is 2.19 bits per heavy atom. The molecule has 1 rings (SSSR count). The van der Waals surface area contributed by atoms with Crippen molar-refractivity contribution in [2.24, 2.45) is 0 Å². The van der Waals surface area contributed by atoms with Crippen molar-refractivity contribution < 1.29 is 23.5 Å². The molecule has 0 amide bonds. The van der Waals surface area contributed by atoms with Gasteiger partial charge in [-0.3, -0.25) is 9.59 Å². The molecule has 0 saturated carbocycles. The lowest BCUT2D eigenvalue weighted by atomic mass is 10.3. The van der Waals surface area contributed by atoms with Crippen LogP contribution in [0.5, 0.6) is 0 Å². The molecule has 0 aromatic carbocycles. The number of hydrogen-bond donors (Lipinski definition) is 0. The number of carbonyl (C=O) groups is 2. The van der Waals surface area contributed by atoms with Crippen LogP contribution in [0.3, 0.4) is 0 Å². The zero-order valence-corrected chi connectivity index (χ0v) is 9.48. The van der Waals surface area contributed by atoms with Crippen molar-refractivity contribution in [3.8, 4) is 0 Å². The van der Waals surface area contributed by atoms with Gasteiger partial charge in [-0.25, -0.2) is 0 Å². The van der Waals surface area contributed by atoms with Gasteiger partial charge >= 0.3 is 18.2 Å². The second-order valence-electron chi connectivity index (χ2n) is 3.21. The lowest BCUT2D eigenvalue weighted by Gasteiger charge is -2.13. The van der Waals surface area contributed by atoms with Crippen molar-refractivity contribution in [1.82, 2.24) is 0 Å². The SMILES string of the molecule is CCc1ccc(C(OC(C)=O)OC(C)=O)o1. The molecule has 0 fully saturated rings. The highest BCUT2D eigenvalue weighted by molar-refractivity contribution is 5.68. The lowest BCUT2D eigenvalue weighted by molar-refractivity contribution is -0.189. The Hall–Kier alpha value is -1.78. The highest BCUT2D eigenvalue weighted by atomic mass is 16.7. The molecule has 0 atom stereocenters. The van der Waals surface area contributed by atoms with E-state index in [4.69, 9.17) is 13.9 Å². The molecule has 0 aliphatic heterocycles. The molecule has 88 valence electrons. The van der Waals surface area contributed by atoms with E-state index in [0.717, 1.165) is 5.76 Å². The van der Waals surface area contributed by atoms with E-state index in [9.17, 15) is 9.59 Å². The molecule has 0 saturated heterocycles. The molecule has 0 spiro atoms. The molecule has 0 aliphatic carbocycles. The summed E-state index contributed by atoms with van der Waals surface area (Å²) in [4.78, 5) is 21.7. The first-order valence-corrected chi connectivity index (χ1v) is 4.96. The van der Waals surface area contributed by atoms with Gasteiger partial charge in [0.2, 0.25) is 0 Å². The van der Waals surface area contributed by atoms with E-state index in [-0.39, 0.29) is 0 Å². The van der Waals surface area contributed by atoms with Crippen LogP contribution in [0.15, 0.2) is 16.5 Å². The summed E-state index contributed by atoms with van der Waals surface area (Å²) in [5.74, 6) is -0.0389. The third kappa shape index (κ3) is 3.42. The summed E-state index contributed by atoms with van der Waals surface area (Å²) in [7, 11) is 0. The van der Waals surface area contributed by atoms with Crippen LogP contribution in [0.2, 0.25) is 0 Å². The number of carbonyl (C=O) groups excluding carboxylic acids is 2. The van der Waals surface area contributed by atoms with Gasteiger partial charge in [-0.1, -0.05) is 6.92 Å². The molecule has 0 unspecified atom stereocenters. The van der Waals surface area contributed by atoms with Crippen LogP contribution in [-0.2, 0) is 25.5 Å². The minimum absolute atomic E-state index is 0.308. The summed E-state index contributed by atoms with van der Waals surface area (Å²) >= 11 is 0. The van der Waals surface area contributed by atoms with Crippen LogP contribution < -0.4 is 0 Å². The van der Waals surface area contributed by atoms with Crippen molar-refractivity contribution in [1.29, 1.82) is 0 Å². The number of rotatable bonds is 4. The van der Waals surface area contributed by atoms with Gasteiger partial charge in [0.1, 0.15) is 5.76 Å². The van der Waals surface area contributed by atoms with Crippen LogP contribution in [0.4, 0.5) is 0 Å². The van der Waals surface area contributed by atoms with Gasteiger partial charge in [-0.05, 0) is 12.1 Å². The van der Waals surface area contributed by atoms with Gasteiger partial charge in [0.05, 0.1) is 0 Å². The number of aryl methyl sites for hydroxylation is 1. The summed E-state index contributed by atoms with van der Waals surface area (Å²) in [6.45, 7) is 4.40. The topological polar surface area (TPSA) is 65.7 Å². The molecular formula is C11H14O5. The lowest BCUT2D eigenvalue weighted by Crippen LogP contribution is -2.14. The molecule has 16 heavy (non-hydrogen) atoms. The van der Waals surface area contributed by atoms with Gasteiger partial charge in [0, 0.05) is 20.3 Å². The molecule has 5 nitrogen and oxygen atoms in total. The molecule has 0 bridgehead atoms. The van der Waals surface area contributed by atoms with Crippen LogP contribution in [0.1, 0.15) is 38.6 Å². The smallest absolute Gasteiger partial charge is 0.306 e. The maximum absolute atomic E-state index is 10.8. The van der Waals surface area contributed by atoms with E-state index in [1.807, 2.05) is 6.92 Å². The summed E-state index contributed by atoms with van der Waals surface area (Å²) < 4.78 is 15.0. The molecule has 1 aromatic rings. The molecule has 0 aliphatic rings. The predicted octanol–water partition coefficient (Wildman–Crippen LogP) is 1.97.